The Bertz CT molecular complexity index is 1170. The van der Waals surface area contributed by atoms with E-state index in [4.69, 9.17) is 18.9 Å². The number of carbonyl (C=O) groups excluding carboxylic acids is 2. The maximum Gasteiger partial charge on any atom is 0.343 e. The number of rotatable bonds is 12. The van der Waals surface area contributed by atoms with E-state index in [2.05, 4.69) is 10.5 Å². The minimum absolute atomic E-state index is 0.281. The van der Waals surface area contributed by atoms with Crippen molar-refractivity contribution in [2.75, 3.05) is 19.8 Å². The van der Waals surface area contributed by atoms with E-state index >= 15 is 0 Å². The molecule has 3 rings (SSSR count). The summed E-state index contributed by atoms with van der Waals surface area (Å²) in [6.07, 6.45) is 2.38. The van der Waals surface area contributed by atoms with Crippen LogP contribution < -0.4 is 24.4 Å². The van der Waals surface area contributed by atoms with E-state index in [-0.39, 0.29) is 11.7 Å². The molecule has 0 radical (unpaired) electrons. The van der Waals surface area contributed by atoms with Crippen LogP contribution in [-0.4, -0.2) is 37.9 Å². The van der Waals surface area contributed by atoms with Gasteiger partial charge in [0.1, 0.15) is 11.5 Å². The molecule has 0 heterocycles. The van der Waals surface area contributed by atoms with E-state index in [1.807, 2.05) is 20.8 Å². The van der Waals surface area contributed by atoms with E-state index in [0.717, 1.165) is 6.42 Å². The van der Waals surface area contributed by atoms with Crippen molar-refractivity contribution in [3.63, 3.8) is 0 Å². The summed E-state index contributed by atoms with van der Waals surface area (Å²) < 4.78 is 22.1. The zero-order valence-corrected chi connectivity index (χ0v) is 20.7. The molecule has 0 aliphatic rings. The standard InChI is InChI=1S/C28H30N2O6/c1-4-17-35-24-14-10-22(11-15-24)28(32)36-25-16-7-20(18-26(25)34-6-3)19-29-30-27(31)21-8-12-23(13-9-21)33-5-2/h7-16,18-19H,4-6,17H2,1-3H3,(H,30,31)/b29-19+. The molecule has 0 saturated heterocycles. The van der Waals surface area contributed by atoms with Crippen LogP contribution in [0.3, 0.4) is 0 Å². The van der Waals surface area contributed by atoms with Crippen molar-refractivity contribution in [3.05, 3.63) is 83.4 Å². The van der Waals surface area contributed by atoms with Gasteiger partial charge in [0.2, 0.25) is 0 Å². The quantitative estimate of drug-likeness (QED) is 0.161. The first-order valence-corrected chi connectivity index (χ1v) is 11.8. The van der Waals surface area contributed by atoms with Gasteiger partial charge in [-0.25, -0.2) is 10.2 Å². The zero-order valence-electron chi connectivity index (χ0n) is 20.7. The molecule has 1 amide bonds. The summed E-state index contributed by atoms with van der Waals surface area (Å²) in [4.78, 5) is 24.9. The molecule has 1 N–H and O–H groups in total. The van der Waals surface area contributed by atoms with Gasteiger partial charge in [0.25, 0.3) is 5.91 Å². The highest BCUT2D eigenvalue weighted by atomic mass is 16.6. The zero-order chi connectivity index (χ0) is 25.8. The molecule has 0 aliphatic carbocycles. The minimum atomic E-state index is -0.512. The molecule has 188 valence electrons. The summed E-state index contributed by atoms with van der Waals surface area (Å²) in [5.74, 6) is 1.19. The topological polar surface area (TPSA) is 95.5 Å². The smallest absolute Gasteiger partial charge is 0.343 e. The third-order valence-electron chi connectivity index (χ3n) is 4.84. The predicted octanol–water partition coefficient (Wildman–Crippen LogP) is 5.26. The van der Waals surface area contributed by atoms with Crippen molar-refractivity contribution in [3.8, 4) is 23.0 Å². The number of ether oxygens (including phenoxy) is 4. The summed E-state index contributed by atoms with van der Waals surface area (Å²) in [5, 5.41) is 4.01. The summed E-state index contributed by atoms with van der Waals surface area (Å²) in [7, 11) is 0. The lowest BCUT2D eigenvalue weighted by Gasteiger charge is -2.12. The van der Waals surface area contributed by atoms with Gasteiger partial charge in [0.05, 0.1) is 31.6 Å². The second kappa shape index (κ2) is 13.5. The number of nitrogens with zero attached hydrogens (tertiary/aromatic N) is 1. The maximum absolute atomic E-state index is 12.6. The number of amides is 1. The molecule has 0 bridgehead atoms. The Morgan fingerprint density at radius 3 is 2.06 bits per heavy atom. The highest BCUT2D eigenvalue weighted by Gasteiger charge is 2.14. The molecule has 3 aromatic rings. The molecule has 0 aromatic heterocycles. The number of hydrogen-bond donors (Lipinski definition) is 1. The molecule has 0 spiro atoms. The first-order chi connectivity index (χ1) is 17.5. The van der Waals surface area contributed by atoms with Crippen LogP contribution in [-0.2, 0) is 0 Å². The number of hydrazone groups is 1. The molecule has 8 nitrogen and oxygen atoms in total. The first-order valence-electron chi connectivity index (χ1n) is 11.8. The molecular formula is C28H30N2O6. The van der Waals surface area contributed by atoms with Crippen LogP contribution in [0.25, 0.3) is 0 Å². The normalized spacial score (nSPS) is 10.6. The Labute approximate surface area is 210 Å². The molecular weight excluding hydrogens is 460 g/mol. The molecule has 8 heteroatoms. The van der Waals surface area contributed by atoms with E-state index in [9.17, 15) is 9.59 Å². The van der Waals surface area contributed by atoms with Crippen molar-refractivity contribution < 1.29 is 28.5 Å². The largest absolute Gasteiger partial charge is 0.494 e. The van der Waals surface area contributed by atoms with Crippen molar-refractivity contribution in [2.45, 2.75) is 27.2 Å². The Kier molecular flexibility index (Phi) is 9.88. The van der Waals surface area contributed by atoms with E-state index < -0.39 is 5.97 Å². The Balaban J connectivity index is 1.63. The Hall–Kier alpha value is -4.33. The highest BCUT2D eigenvalue weighted by molar-refractivity contribution is 5.95. The van der Waals surface area contributed by atoms with Gasteiger partial charge in [-0.15, -0.1) is 0 Å². The second-order valence-electron chi connectivity index (χ2n) is 7.56. The number of esters is 1. The van der Waals surface area contributed by atoms with Crippen molar-refractivity contribution >= 4 is 18.1 Å². The van der Waals surface area contributed by atoms with Gasteiger partial charge < -0.3 is 18.9 Å². The maximum atomic E-state index is 12.6. The number of nitrogens with one attached hydrogen (secondary N) is 1. The number of benzene rings is 3. The first kappa shape index (κ1) is 26.3. The van der Waals surface area contributed by atoms with Crippen LogP contribution in [0.4, 0.5) is 0 Å². The molecule has 0 saturated carbocycles. The van der Waals surface area contributed by atoms with Gasteiger partial charge in [-0.2, -0.15) is 5.10 Å². The van der Waals surface area contributed by atoms with Crippen molar-refractivity contribution in [1.29, 1.82) is 0 Å². The van der Waals surface area contributed by atoms with E-state index in [1.165, 1.54) is 6.21 Å². The highest BCUT2D eigenvalue weighted by Crippen LogP contribution is 2.29. The van der Waals surface area contributed by atoms with Gasteiger partial charge in [0.15, 0.2) is 11.5 Å². The summed E-state index contributed by atoms with van der Waals surface area (Å²) in [6.45, 7) is 7.30. The lowest BCUT2D eigenvalue weighted by atomic mass is 10.2. The second-order valence-corrected chi connectivity index (χ2v) is 7.56. The van der Waals surface area contributed by atoms with Crippen LogP contribution in [0.2, 0.25) is 0 Å². The average Bonchev–Trinajstić information content (AvgIpc) is 2.90. The van der Waals surface area contributed by atoms with Crippen molar-refractivity contribution in [1.82, 2.24) is 5.43 Å². The molecule has 3 aromatic carbocycles. The third-order valence-corrected chi connectivity index (χ3v) is 4.84. The van der Waals surface area contributed by atoms with Crippen LogP contribution in [0.5, 0.6) is 23.0 Å². The molecule has 0 fully saturated rings. The van der Waals surface area contributed by atoms with E-state index in [1.54, 1.807) is 66.7 Å². The number of hydrogen-bond acceptors (Lipinski definition) is 7. The number of carbonyl (C=O) groups is 2. The lowest BCUT2D eigenvalue weighted by molar-refractivity contribution is 0.0728. The molecule has 36 heavy (non-hydrogen) atoms. The molecule has 0 unspecified atom stereocenters. The van der Waals surface area contributed by atoms with Gasteiger partial charge in [-0.05, 0) is 92.6 Å². The summed E-state index contributed by atoms with van der Waals surface area (Å²) in [5.41, 5.74) is 3.99. The monoisotopic (exact) mass is 490 g/mol. The summed E-state index contributed by atoms with van der Waals surface area (Å²) >= 11 is 0. The predicted molar refractivity (Wildman–Crippen MR) is 137 cm³/mol. The van der Waals surface area contributed by atoms with Gasteiger partial charge >= 0.3 is 5.97 Å². The average molecular weight is 491 g/mol. The summed E-state index contributed by atoms with van der Waals surface area (Å²) in [6, 6.07) is 18.6. The van der Waals surface area contributed by atoms with E-state index in [0.29, 0.717) is 53.8 Å². The molecule has 0 aliphatic heterocycles. The van der Waals surface area contributed by atoms with Gasteiger partial charge in [-0.1, -0.05) is 6.92 Å². The minimum Gasteiger partial charge on any atom is -0.494 e. The third kappa shape index (κ3) is 7.59. The van der Waals surface area contributed by atoms with Gasteiger partial charge in [0, 0.05) is 5.56 Å². The van der Waals surface area contributed by atoms with Crippen LogP contribution >= 0.6 is 0 Å². The molecule has 0 atom stereocenters. The fourth-order valence-corrected chi connectivity index (χ4v) is 3.12. The van der Waals surface area contributed by atoms with Gasteiger partial charge in [-0.3, -0.25) is 4.79 Å². The SMILES string of the molecule is CCCOc1ccc(C(=O)Oc2ccc(/C=N/NC(=O)c3ccc(OCC)cc3)cc2OCC)cc1. The van der Waals surface area contributed by atoms with Crippen molar-refractivity contribution in [2.24, 2.45) is 5.10 Å². The fourth-order valence-electron chi connectivity index (χ4n) is 3.12. The fraction of sp³-hybridized carbons (Fsp3) is 0.250. The van der Waals surface area contributed by atoms with Crippen LogP contribution in [0.15, 0.2) is 71.8 Å². The Morgan fingerprint density at radius 1 is 0.778 bits per heavy atom. The van der Waals surface area contributed by atoms with Crippen LogP contribution in [0.1, 0.15) is 53.5 Å². The lowest BCUT2D eigenvalue weighted by Crippen LogP contribution is -2.17. The van der Waals surface area contributed by atoms with Crippen LogP contribution in [0, 0.1) is 0 Å². The Morgan fingerprint density at radius 2 is 1.42 bits per heavy atom.